The van der Waals surface area contributed by atoms with Gasteiger partial charge in [0.1, 0.15) is 11.2 Å². The SMILES string of the molecule is C=C/C(=C\C)n1c2ccccc2c2cc3oc4ccccc4c3cc21. The van der Waals surface area contributed by atoms with Crippen LogP contribution in [0.1, 0.15) is 6.92 Å². The molecule has 2 heteroatoms. The van der Waals surface area contributed by atoms with Gasteiger partial charge in [0.2, 0.25) is 0 Å². The van der Waals surface area contributed by atoms with Gasteiger partial charge >= 0.3 is 0 Å². The van der Waals surface area contributed by atoms with Gasteiger partial charge in [-0.2, -0.15) is 0 Å². The van der Waals surface area contributed by atoms with E-state index in [1.807, 2.05) is 25.1 Å². The molecule has 0 fully saturated rings. The van der Waals surface area contributed by atoms with Crippen molar-refractivity contribution >= 4 is 49.4 Å². The van der Waals surface area contributed by atoms with Crippen molar-refractivity contribution in [2.24, 2.45) is 0 Å². The molecule has 0 N–H and O–H groups in total. The van der Waals surface area contributed by atoms with E-state index in [2.05, 4.69) is 65.8 Å². The maximum atomic E-state index is 6.09. The van der Waals surface area contributed by atoms with Gasteiger partial charge < -0.3 is 8.98 Å². The maximum absolute atomic E-state index is 6.09. The Morgan fingerprint density at radius 1 is 0.840 bits per heavy atom. The fraction of sp³-hybridized carbons (Fsp3) is 0.0435. The summed E-state index contributed by atoms with van der Waals surface area (Å²) in [5, 5.41) is 4.72. The van der Waals surface area contributed by atoms with Gasteiger partial charge in [-0.15, -0.1) is 0 Å². The number of allylic oxidation sites excluding steroid dienone is 3. The minimum Gasteiger partial charge on any atom is -0.456 e. The fourth-order valence-corrected chi connectivity index (χ4v) is 3.80. The van der Waals surface area contributed by atoms with Crippen LogP contribution in [0.15, 0.2) is 83.8 Å². The molecule has 0 bridgehead atoms. The lowest BCUT2D eigenvalue weighted by Crippen LogP contribution is -1.93. The first kappa shape index (κ1) is 14.1. The van der Waals surface area contributed by atoms with E-state index in [-0.39, 0.29) is 0 Å². The first-order chi connectivity index (χ1) is 12.3. The van der Waals surface area contributed by atoms with Crippen molar-refractivity contribution in [1.29, 1.82) is 0 Å². The molecule has 0 aliphatic heterocycles. The molecule has 2 nitrogen and oxygen atoms in total. The molecule has 0 spiro atoms. The van der Waals surface area contributed by atoms with Gasteiger partial charge in [-0.05, 0) is 37.3 Å². The van der Waals surface area contributed by atoms with Crippen molar-refractivity contribution in [3.63, 3.8) is 0 Å². The second-order valence-electron chi connectivity index (χ2n) is 6.23. The zero-order valence-corrected chi connectivity index (χ0v) is 14.0. The van der Waals surface area contributed by atoms with Crippen molar-refractivity contribution in [2.45, 2.75) is 6.92 Å². The normalized spacial score (nSPS) is 12.6. The number of para-hydroxylation sites is 2. The maximum Gasteiger partial charge on any atom is 0.136 e. The highest BCUT2D eigenvalue weighted by atomic mass is 16.3. The zero-order valence-electron chi connectivity index (χ0n) is 14.0. The van der Waals surface area contributed by atoms with Crippen LogP contribution in [0.5, 0.6) is 0 Å². The average molecular weight is 323 g/mol. The number of hydrogen-bond donors (Lipinski definition) is 0. The third-order valence-corrected chi connectivity index (χ3v) is 4.93. The van der Waals surface area contributed by atoms with Crippen molar-refractivity contribution < 1.29 is 4.42 Å². The summed E-state index contributed by atoms with van der Waals surface area (Å²) in [5.41, 5.74) is 5.29. The lowest BCUT2D eigenvalue weighted by molar-refractivity contribution is 0.669. The Hall–Kier alpha value is -3.26. The second kappa shape index (κ2) is 5.12. The first-order valence-corrected chi connectivity index (χ1v) is 8.45. The highest BCUT2D eigenvalue weighted by Crippen LogP contribution is 2.37. The van der Waals surface area contributed by atoms with E-state index in [0.717, 1.165) is 27.6 Å². The number of benzene rings is 3. The van der Waals surface area contributed by atoms with E-state index < -0.39 is 0 Å². The molecule has 0 saturated carbocycles. The highest BCUT2D eigenvalue weighted by molar-refractivity contribution is 6.17. The molecule has 5 aromatic rings. The van der Waals surface area contributed by atoms with Crippen LogP contribution in [-0.4, -0.2) is 4.57 Å². The fourth-order valence-electron chi connectivity index (χ4n) is 3.80. The summed E-state index contributed by atoms with van der Waals surface area (Å²) in [5.74, 6) is 0. The molecule has 120 valence electrons. The lowest BCUT2D eigenvalue weighted by Gasteiger charge is -2.08. The molecule has 0 radical (unpaired) electrons. The van der Waals surface area contributed by atoms with Gasteiger partial charge in [-0.3, -0.25) is 0 Å². The summed E-state index contributed by atoms with van der Waals surface area (Å²) in [6, 6.07) is 21.1. The van der Waals surface area contributed by atoms with Crippen LogP contribution >= 0.6 is 0 Å². The number of aromatic nitrogens is 1. The quantitative estimate of drug-likeness (QED) is 0.329. The zero-order chi connectivity index (χ0) is 17.0. The Bertz CT molecular complexity index is 1310. The third kappa shape index (κ3) is 1.85. The van der Waals surface area contributed by atoms with Crippen LogP contribution in [-0.2, 0) is 0 Å². The second-order valence-corrected chi connectivity index (χ2v) is 6.23. The molecule has 0 aliphatic carbocycles. The van der Waals surface area contributed by atoms with Gasteiger partial charge in [0.15, 0.2) is 0 Å². The smallest absolute Gasteiger partial charge is 0.136 e. The standard InChI is InChI=1S/C23H17NO/c1-3-15(4-2)24-20-11-7-5-9-16(20)18-14-23-19(13-21(18)24)17-10-6-8-12-22(17)25-23/h3-14H,1H2,2H3/b15-4+. The van der Waals surface area contributed by atoms with Crippen molar-refractivity contribution in [1.82, 2.24) is 4.57 Å². The minimum absolute atomic E-state index is 0.927. The molecule has 0 aliphatic rings. The highest BCUT2D eigenvalue weighted by Gasteiger charge is 2.15. The summed E-state index contributed by atoms with van der Waals surface area (Å²) < 4.78 is 8.36. The Balaban J connectivity index is 2.05. The predicted octanol–water partition coefficient (Wildman–Crippen LogP) is 6.74. The Morgan fingerprint density at radius 3 is 2.40 bits per heavy atom. The monoisotopic (exact) mass is 323 g/mol. The topological polar surface area (TPSA) is 18.1 Å². The van der Waals surface area contributed by atoms with Crippen LogP contribution in [0, 0.1) is 0 Å². The number of fused-ring (bicyclic) bond motifs is 6. The molecule has 2 aromatic heterocycles. The summed E-state index contributed by atoms with van der Waals surface area (Å²) in [7, 11) is 0. The van der Waals surface area contributed by atoms with Gasteiger partial charge in [-0.25, -0.2) is 0 Å². The number of rotatable bonds is 2. The van der Waals surface area contributed by atoms with Crippen molar-refractivity contribution in [3.05, 3.63) is 79.4 Å². The van der Waals surface area contributed by atoms with Crippen LogP contribution in [0.3, 0.4) is 0 Å². The summed E-state index contributed by atoms with van der Waals surface area (Å²) in [6.07, 6.45) is 4.00. The largest absolute Gasteiger partial charge is 0.456 e. The van der Waals surface area contributed by atoms with Gasteiger partial charge in [0, 0.05) is 27.2 Å². The van der Waals surface area contributed by atoms with Crippen molar-refractivity contribution in [3.8, 4) is 0 Å². The average Bonchev–Trinajstić information content (AvgIpc) is 3.17. The van der Waals surface area contributed by atoms with E-state index in [1.54, 1.807) is 0 Å². The number of nitrogens with zero attached hydrogens (tertiary/aromatic N) is 1. The van der Waals surface area contributed by atoms with E-state index >= 15 is 0 Å². The van der Waals surface area contributed by atoms with Crippen LogP contribution < -0.4 is 0 Å². The van der Waals surface area contributed by atoms with Crippen LogP contribution in [0.4, 0.5) is 0 Å². The summed E-state index contributed by atoms with van der Waals surface area (Å²) in [6.45, 7) is 6.04. The molecule has 3 aromatic carbocycles. The van der Waals surface area contributed by atoms with E-state index in [9.17, 15) is 0 Å². The van der Waals surface area contributed by atoms with Crippen LogP contribution in [0.2, 0.25) is 0 Å². The molecule has 0 saturated heterocycles. The molecule has 5 rings (SSSR count). The van der Waals surface area contributed by atoms with E-state index in [4.69, 9.17) is 4.42 Å². The van der Waals surface area contributed by atoms with E-state index in [0.29, 0.717) is 0 Å². The van der Waals surface area contributed by atoms with Gasteiger partial charge in [-0.1, -0.05) is 49.1 Å². The predicted molar refractivity (Wildman–Crippen MR) is 107 cm³/mol. The molecule has 0 atom stereocenters. The number of hydrogen-bond acceptors (Lipinski definition) is 1. The Kier molecular flexibility index (Phi) is 2.89. The lowest BCUT2D eigenvalue weighted by atomic mass is 10.1. The molecule has 0 amide bonds. The van der Waals surface area contributed by atoms with E-state index in [1.165, 1.54) is 21.8 Å². The molecular weight excluding hydrogens is 306 g/mol. The third-order valence-electron chi connectivity index (χ3n) is 4.93. The minimum atomic E-state index is 0.927. The first-order valence-electron chi connectivity index (χ1n) is 8.45. The molecule has 2 heterocycles. The molecule has 25 heavy (non-hydrogen) atoms. The van der Waals surface area contributed by atoms with Gasteiger partial charge in [0.05, 0.1) is 11.0 Å². The Labute approximate surface area is 145 Å². The molecule has 0 unspecified atom stereocenters. The van der Waals surface area contributed by atoms with Crippen molar-refractivity contribution in [2.75, 3.05) is 0 Å². The van der Waals surface area contributed by atoms with Crippen LogP contribution in [0.25, 0.3) is 49.4 Å². The summed E-state index contributed by atoms with van der Waals surface area (Å²) in [4.78, 5) is 0. The summed E-state index contributed by atoms with van der Waals surface area (Å²) >= 11 is 0. The Morgan fingerprint density at radius 2 is 1.60 bits per heavy atom. The van der Waals surface area contributed by atoms with Gasteiger partial charge in [0.25, 0.3) is 0 Å². The molecular formula is C23H17NO. The number of furan rings is 1.